The second-order valence-electron chi connectivity index (χ2n) is 5.28. The Hall–Kier alpha value is -0.0800. The van der Waals surface area contributed by atoms with Crippen molar-refractivity contribution in [1.82, 2.24) is 5.32 Å². The molecule has 1 aliphatic heterocycles. The molecule has 2 nitrogen and oxygen atoms in total. The maximum atomic E-state index is 5.46. The smallest absolute Gasteiger partial charge is 0.0509 e. The minimum Gasteiger partial charge on any atom is -0.381 e. The number of rotatable bonds is 4. The van der Waals surface area contributed by atoms with E-state index in [-0.39, 0.29) is 0 Å². The molecule has 0 spiro atoms. The monoisotopic (exact) mass is 211 g/mol. The molecule has 1 saturated carbocycles. The van der Waals surface area contributed by atoms with Crippen LogP contribution in [0.5, 0.6) is 0 Å². The molecule has 15 heavy (non-hydrogen) atoms. The summed E-state index contributed by atoms with van der Waals surface area (Å²) in [4.78, 5) is 0. The number of nitrogens with one attached hydrogen (secondary N) is 1. The van der Waals surface area contributed by atoms with Crippen LogP contribution in [0.1, 0.15) is 46.0 Å². The highest BCUT2D eigenvalue weighted by Gasteiger charge is 2.29. The average molecular weight is 211 g/mol. The minimum absolute atomic E-state index is 0.643. The molecule has 2 rings (SSSR count). The van der Waals surface area contributed by atoms with Gasteiger partial charge < -0.3 is 10.1 Å². The fourth-order valence-electron chi connectivity index (χ4n) is 3.17. The highest BCUT2D eigenvalue weighted by molar-refractivity contribution is 4.86. The van der Waals surface area contributed by atoms with E-state index in [1.165, 1.54) is 32.1 Å². The molecule has 1 saturated heterocycles. The van der Waals surface area contributed by atoms with Gasteiger partial charge in [-0.15, -0.1) is 0 Å². The van der Waals surface area contributed by atoms with Crippen molar-refractivity contribution >= 4 is 0 Å². The molecule has 1 heterocycles. The predicted molar refractivity (Wildman–Crippen MR) is 62.9 cm³/mol. The van der Waals surface area contributed by atoms with Crippen molar-refractivity contribution in [2.45, 2.75) is 58.0 Å². The maximum absolute atomic E-state index is 5.46. The largest absolute Gasteiger partial charge is 0.381 e. The minimum atomic E-state index is 0.643. The summed E-state index contributed by atoms with van der Waals surface area (Å²) < 4.78 is 5.46. The summed E-state index contributed by atoms with van der Waals surface area (Å²) in [7, 11) is 0. The van der Waals surface area contributed by atoms with Gasteiger partial charge in [-0.05, 0) is 38.0 Å². The quantitative estimate of drug-likeness (QED) is 0.771. The third-order valence-electron chi connectivity index (χ3n) is 4.33. The summed E-state index contributed by atoms with van der Waals surface area (Å²) in [5.41, 5.74) is 0. The molecular formula is C13H25NO. The lowest BCUT2D eigenvalue weighted by atomic mass is 9.96. The fourth-order valence-corrected chi connectivity index (χ4v) is 3.17. The Morgan fingerprint density at radius 2 is 2.20 bits per heavy atom. The third-order valence-corrected chi connectivity index (χ3v) is 4.33. The summed E-state index contributed by atoms with van der Waals surface area (Å²) >= 11 is 0. The first-order valence-corrected chi connectivity index (χ1v) is 6.65. The lowest BCUT2D eigenvalue weighted by molar-refractivity contribution is 0.175. The molecule has 88 valence electrons. The number of hydrogen-bond acceptors (Lipinski definition) is 2. The van der Waals surface area contributed by atoms with E-state index in [1.54, 1.807) is 0 Å². The van der Waals surface area contributed by atoms with Gasteiger partial charge in [-0.3, -0.25) is 0 Å². The van der Waals surface area contributed by atoms with Crippen molar-refractivity contribution in [2.24, 2.45) is 11.8 Å². The lowest BCUT2D eigenvalue weighted by Crippen LogP contribution is -2.42. The Balaban J connectivity index is 1.79. The summed E-state index contributed by atoms with van der Waals surface area (Å²) in [6, 6.07) is 1.43. The van der Waals surface area contributed by atoms with E-state index in [9.17, 15) is 0 Å². The van der Waals surface area contributed by atoms with Crippen molar-refractivity contribution in [2.75, 3.05) is 13.2 Å². The zero-order valence-electron chi connectivity index (χ0n) is 10.2. The molecule has 0 amide bonds. The van der Waals surface area contributed by atoms with Gasteiger partial charge in [0, 0.05) is 18.7 Å². The Morgan fingerprint density at radius 1 is 1.33 bits per heavy atom. The molecular weight excluding hydrogens is 186 g/mol. The van der Waals surface area contributed by atoms with Gasteiger partial charge in [-0.25, -0.2) is 0 Å². The Kier molecular flexibility index (Phi) is 4.04. The van der Waals surface area contributed by atoms with Gasteiger partial charge >= 0.3 is 0 Å². The molecule has 2 fully saturated rings. The van der Waals surface area contributed by atoms with E-state index in [0.29, 0.717) is 6.04 Å². The molecule has 0 aromatic heterocycles. The first-order valence-electron chi connectivity index (χ1n) is 6.65. The lowest BCUT2D eigenvalue weighted by Gasteiger charge is -2.27. The maximum Gasteiger partial charge on any atom is 0.0509 e. The predicted octanol–water partition coefficient (Wildman–Crippen LogP) is 2.58. The van der Waals surface area contributed by atoms with E-state index < -0.39 is 0 Å². The van der Waals surface area contributed by atoms with E-state index in [0.717, 1.165) is 31.1 Å². The fraction of sp³-hybridized carbons (Fsp3) is 1.00. The van der Waals surface area contributed by atoms with Gasteiger partial charge in [0.1, 0.15) is 0 Å². The first kappa shape index (κ1) is 11.4. The molecule has 0 bridgehead atoms. The van der Waals surface area contributed by atoms with Gasteiger partial charge in [-0.2, -0.15) is 0 Å². The van der Waals surface area contributed by atoms with Gasteiger partial charge in [-0.1, -0.05) is 19.8 Å². The van der Waals surface area contributed by atoms with Crippen LogP contribution in [0.15, 0.2) is 0 Å². The zero-order chi connectivity index (χ0) is 10.7. The number of hydrogen-bond donors (Lipinski definition) is 1. The second kappa shape index (κ2) is 5.31. The van der Waals surface area contributed by atoms with Crippen LogP contribution in [0, 0.1) is 11.8 Å². The van der Waals surface area contributed by atoms with Gasteiger partial charge in [0.25, 0.3) is 0 Å². The van der Waals surface area contributed by atoms with E-state index in [2.05, 4.69) is 19.2 Å². The molecule has 0 radical (unpaired) electrons. The van der Waals surface area contributed by atoms with Crippen LogP contribution in [-0.4, -0.2) is 25.3 Å². The van der Waals surface area contributed by atoms with Crippen LogP contribution in [0.25, 0.3) is 0 Å². The highest BCUT2D eigenvalue weighted by Crippen LogP contribution is 2.29. The van der Waals surface area contributed by atoms with Crippen molar-refractivity contribution in [1.29, 1.82) is 0 Å². The molecule has 2 aliphatic rings. The molecule has 0 aromatic rings. The topological polar surface area (TPSA) is 21.3 Å². The molecule has 1 aliphatic carbocycles. The second-order valence-corrected chi connectivity index (χ2v) is 5.28. The molecule has 1 N–H and O–H groups in total. The van der Waals surface area contributed by atoms with Crippen LogP contribution in [0.4, 0.5) is 0 Å². The van der Waals surface area contributed by atoms with Crippen LogP contribution in [0.3, 0.4) is 0 Å². The van der Waals surface area contributed by atoms with Gasteiger partial charge in [0.2, 0.25) is 0 Å². The van der Waals surface area contributed by atoms with Gasteiger partial charge in [0.05, 0.1) is 6.61 Å². The summed E-state index contributed by atoms with van der Waals surface area (Å²) in [5, 5.41) is 3.84. The van der Waals surface area contributed by atoms with Crippen molar-refractivity contribution in [3.05, 3.63) is 0 Å². The van der Waals surface area contributed by atoms with Crippen molar-refractivity contribution in [3.63, 3.8) is 0 Å². The van der Waals surface area contributed by atoms with E-state index >= 15 is 0 Å². The van der Waals surface area contributed by atoms with Crippen LogP contribution in [-0.2, 0) is 4.74 Å². The van der Waals surface area contributed by atoms with E-state index in [4.69, 9.17) is 4.74 Å². The molecule has 0 aromatic carbocycles. The normalized spacial score (nSPS) is 38.4. The van der Waals surface area contributed by atoms with Gasteiger partial charge in [0.15, 0.2) is 0 Å². The van der Waals surface area contributed by atoms with Crippen LogP contribution < -0.4 is 5.32 Å². The molecule has 4 atom stereocenters. The van der Waals surface area contributed by atoms with Crippen molar-refractivity contribution in [3.8, 4) is 0 Å². The van der Waals surface area contributed by atoms with Crippen molar-refractivity contribution < 1.29 is 4.74 Å². The van der Waals surface area contributed by atoms with E-state index in [1.807, 2.05) is 0 Å². The SMILES string of the molecule is CCC1CCCC1NC(C)C1CCOC1. The summed E-state index contributed by atoms with van der Waals surface area (Å²) in [6.07, 6.45) is 6.83. The zero-order valence-corrected chi connectivity index (χ0v) is 10.2. The average Bonchev–Trinajstić information content (AvgIpc) is 2.87. The molecule has 2 heteroatoms. The third kappa shape index (κ3) is 2.73. The summed E-state index contributed by atoms with van der Waals surface area (Å²) in [5.74, 6) is 1.68. The number of ether oxygens (including phenoxy) is 1. The Morgan fingerprint density at radius 3 is 2.87 bits per heavy atom. The standard InChI is InChI=1S/C13H25NO/c1-3-11-5-4-6-13(11)14-10(2)12-7-8-15-9-12/h10-14H,3-9H2,1-2H3. The Labute approximate surface area is 93.8 Å². The Bertz CT molecular complexity index is 189. The van der Waals surface area contributed by atoms with Crippen LogP contribution >= 0.6 is 0 Å². The molecule has 4 unspecified atom stereocenters. The van der Waals surface area contributed by atoms with Crippen LogP contribution in [0.2, 0.25) is 0 Å². The summed E-state index contributed by atoms with van der Waals surface area (Å²) in [6.45, 7) is 6.61. The first-order chi connectivity index (χ1) is 7.31. The highest BCUT2D eigenvalue weighted by atomic mass is 16.5.